The molecule has 0 aromatic heterocycles. The molecule has 4 heteroatoms. The van der Waals surface area contributed by atoms with E-state index in [-0.39, 0.29) is 23.3 Å². The Labute approximate surface area is 114 Å². The molecular formula is C15H24O4. The molecule has 0 spiro atoms. The fraction of sp³-hybridized carbons (Fsp3) is 0.867. The van der Waals surface area contributed by atoms with Crippen molar-refractivity contribution in [2.24, 2.45) is 16.7 Å². The quantitative estimate of drug-likeness (QED) is 0.785. The Balaban J connectivity index is 2.35. The van der Waals surface area contributed by atoms with Crippen LogP contribution in [0.4, 0.5) is 0 Å². The first-order valence-electron chi connectivity index (χ1n) is 7.03. The Morgan fingerprint density at radius 3 is 2.74 bits per heavy atom. The number of hydrogen-bond donors (Lipinski definition) is 0. The monoisotopic (exact) mass is 268 g/mol. The van der Waals surface area contributed by atoms with Crippen LogP contribution in [0.3, 0.4) is 0 Å². The lowest BCUT2D eigenvalue weighted by Gasteiger charge is -2.51. The third-order valence-electron chi connectivity index (χ3n) is 5.50. The molecule has 0 aromatic rings. The Morgan fingerprint density at radius 2 is 2.16 bits per heavy atom. The minimum Gasteiger partial charge on any atom is -0.355 e. The molecule has 1 saturated heterocycles. The van der Waals surface area contributed by atoms with E-state index in [9.17, 15) is 9.59 Å². The van der Waals surface area contributed by atoms with Crippen molar-refractivity contribution >= 4 is 11.6 Å². The molecule has 19 heavy (non-hydrogen) atoms. The van der Waals surface area contributed by atoms with E-state index in [1.165, 1.54) is 0 Å². The van der Waals surface area contributed by atoms with E-state index in [1.54, 1.807) is 14.0 Å². The fourth-order valence-electron chi connectivity index (χ4n) is 3.87. The molecule has 2 fully saturated rings. The maximum atomic E-state index is 12.5. The second-order valence-corrected chi connectivity index (χ2v) is 6.38. The van der Waals surface area contributed by atoms with Crippen molar-refractivity contribution in [3.63, 3.8) is 0 Å². The lowest BCUT2D eigenvalue weighted by Crippen LogP contribution is -2.55. The predicted molar refractivity (Wildman–Crippen MR) is 70.6 cm³/mol. The highest BCUT2D eigenvalue weighted by Crippen LogP contribution is 2.59. The zero-order chi connectivity index (χ0) is 14.3. The maximum absolute atomic E-state index is 12.5. The summed E-state index contributed by atoms with van der Waals surface area (Å²) in [6.07, 6.45) is 2.15. The van der Waals surface area contributed by atoms with E-state index in [2.05, 4.69) is 6.92 Å². The van der Waals surface area contributed by atoms with Crippen molar-refractivity contribution in [2.75, 3.05) is 13.7 Å². The van der Waals surface area contributed by atoms with Gasteiger partial charge in [-0.05, 0) is 25.7 Å². The summed E-state index contributed by atoms with van der Waals surface area (Å²) in [6, 6.07) is 0. The standard InChI is InChI=1S/C15H24O4/c1-10(16)7-8-14(2)12(17)6-5-11-9-19-13(18-4)15(11,14)3/h11,13H,5-9H2,1-4H3/t11-,13+,14-,15+/m0/s1. The summed E-state index contributed by atoms with van der Waals surface area (Å²) in [5, 5.41) is 0. The van der Waals surface area contributed by atoms with Gasteiger partial charge in [-0.1, -0.05) is 13.8 Å². The number of carbonyl (C=O) groups is 2. The maximum Gasteiger partial charge on any atom is 0.163 e. The van der Waals surface area contributed by atoms with Gasteiger partial charge in [0.15, 0.2) is 6.29 Å². The molecule has 1 aliphatic heterocycles. The molecule has 0 unspecified atom stereocenters. The number of Topliss-reactive ketones (excluding diaryl/α,β-unsaturated/α-hetero) is 2. The van der Waals surface area contributed by atoms with Crippen LogP contribution in [0, 0.1) is 16.7 Å². The molecule has 0 amide bonds. The summed E-state index contributed by atoms with van der Waals surface area (Å²) < 4.78 is 11.2. The van der Waals surface area contributed by atoms with E-state index < -0.39 is 5.41 Å². The van der Waals surface area contributed by atoms with Crippen LogP contribution in [-0.2, 0) is 19.1 Å². The largest absolute Gasteiger partial charge is 0.355 e. The van der Waals surface area contributed by atoms with Crippen LogP contribution in [0.2, 0.25) is 0 Å². The summed E-state index contributed by atoms with van der Waals surface area (Å²) in [5.74, 6) is 0.722. The molecule has 2 rings (SSSR count). The van der Waals surface area contributed by atoms with Crippen LogP contribution >= 0.6 is 0 Å². The van der Waals surface area contributed by atoms with Crippen molar-refractivity contribution in [1.29, 1.82) is 0 Å². The number of rotatable bonds is 4. The first-order chi connectivity index (χ1) is 8.86. The van der Waals surface area contributed by atoms with Gasteiger partial charge in [-0.3, -0.25) is 4.79 Å². The number of methoxy groups -OCH3 is 1. The van der Waals surface area contributed by atoms with Crippen LogP contribution < -0.4 is 0 Å². The summed E-state index contributed by atoms with van der Waals surface area (Å²) in [4.78, 5) is 23.8. The van der Waals surface area contributed by atoms with Crippen molar-refractivity contribution in [3.8, 4) is 0 Å². The average molecular weight is 268 g/mol. The Kier molecular flexibility index (Phi) is 3.85. The molecule has 1 saturated carbocycles. The average Bonchev–Trinajstić information content (AvgIpc) is 2.70. The third-order valence-corrected chi connectivity index (χ3v) is 5.50. The zero-order valence-electron chi connectivity index (χ0n) is 12.3. The molecule has 0 aromatic carbocycles. The van der Waals surface area contributed by atoms with E-state index in [0.717, 1.165) is 6.42 Å². The van der Waals surface area contributed by atoms with Crippen LogP contribution in [0.1, 0.15) is 46.5 Å². The smallest absolute Gasteiger partial charge is 0.163 e. The fourth-order valence-corrected chi connectivity index (χ4v) is 3.87. The SMILES string of the molecule is CO[C@@H]1OC[C@@H]2CCC(=O)[C@](C)(CCC(C)=O)[C@]21C. The van der Waals surface area contributed by atoms with Gasteiger partial charge in [-0.2, -0.15) is 0 Å². The third kappa shape index (κ3) is 2.05. The lowest BCUT2D eigenvalue weighted by molar-refractivity contribution is -0.189. The number of ketones is 2. The van der Waals surface area contributed by atoms with Gasteiger partial charge in [-0.15, -0.1) is 0 Å². The molecule has 108 valence electrons. The van der Waals surface area contributed by atoms with Crippen LogP contribution in [-0.4, -0.2) is 31.6 Å². The Hall–Kier alpha value is -0.740. The molecule has 4 nitrogen and oxygen atoms in total. The zero-order valence-corrected chi connectivity index (χ0v) is 12.3. The lowest BCUT2D eigenvalue weighted by atomic mass is 9.51. The summed E-state index contributed by atoms with van der Waals surface area (Å²) in [5.41, 5.74) is -0.856. The van der Waals surface area contributed by atoms with Gasteiger partial charge in [-0.25, -0.2) is 0 Å². The van der Waals surface area contributed by atoms with Gasteiger partial charge >= 0.3 is 0 Å². The highest BCUT2D eigenvalue weighted by Gasteiger charge is 2.63. The minimum atomic E-state index is -0.529. The second-order valence-electron chi connectivity index (χ2n) is 6.38. The van der Waals surface area contributed by atoms with E-state index in [4.69, 9.17) is 9.47 Å². The topological polar surface area (TPSA) is 52.6 Å². The number of hydrogen-bond acceptors (Lipinski definition) is 4. The van der Waals surface area contributed by atoms with Gasteiger partial charge < -0.3 is 14.3 Å². The van der Waals surface area contributed by atoms with Crippen molar-refractivity contribution in [2.45, 2.75) is 52.7 Å². The molecule has 4 atom stereocenters. The van der Waals surface area contributed by atoms with E-state index in [0.29, 0.717) is 31.8 Å². The highest BCUT2D eigenvalue weighted by molar-refractivity contribution is 5.87. The Morgan fingerprint density at radius 1 is 1.47 bits per heavy atom. The number of fused-ring (bicyclic) bond motifs is 1. The summed E-state index contributed by atoms with van der Waals surface area (Å²) in [7, 11) is 1.63. The normalized spacial score (nSPS) is 42.2. The van der Waals surface area contributed by atoms with Gasteiger partial charge in [0.2, 0.25) is 0 Å². The van der Waals surface area contributed by atoms with Gasteiger partial charge in [0.05, 0.1) is 6.61 Å². The van der Waals surface area contributed by atoms with Gasteiger partial charge in [0.25, 0.3) is 0 Å². The van der Waals surface area contributed by atoms with Crippen LogP contribution in [0.15, 0.2) is 0 Å². The van der Waals surface area contributed by atoms with E-state index >= 15 is 0 Å². The van der Waals surface area contributed by atoms with Crippen molar-refractivity contribution in [1.82, 2.24) is 0 Å². The van der Waals surface area contributed by atoms with E-state index in [1.807, 2.05) is 6.92 Å². The number of carbonyl (C=O) groups excluding carboxylic acids is 2. The minimum absolute atomic E-state index is 0.132. The predicted octanol–water partition coefficient (Wildman–Crippen LogP) is 2.35. The molecule has 0 bridgehead atoms. The summed E-state index contributed by atoms with van der Waals surface area (Å²) in [6.45, 7) is 6.31. The Bertz CT molecular complexity index is 384. The second kappa shape index (κ2) is 4.98. The molecule has 0 N–H and O–H groups in total. The highest BCUT2D eigenvalue weighted by atomic mass is 16.7. The first kappa shape index (κ1) is 14.7. The first-order valence-corrected chi connectivity index (χ1v) is 7.03. The van der Waals surface area contributed by atoms with Crippen molar-refractivity contribution in [3.05, 3.63) is 0 Å². The van der Waals surface area contributed by atoms with Crippen molar-refractivity contribution < 1.29 is 19.1 Å². The molecule has 0 radical (unpaired) electrons. The molecule has 1 heterocycles. The van der Waals surface area contributed by atoms with Gasteiger partial charge in [0.1, 0.15) is 11.6 Å². The van der Waals surface area contributed by atoms with Crippen LogP contribution in [0.25, 0.3) is 0 Å². The van der Waals surface area contributed by atoms with Crippen LogP contribution in [0.5, 0.6) is 0 Å². The molecule has 1 aliphatic carbocycles. The molecule has 2 aliphatic rings. The van der Waals surface area contributed by atoms with Gasteiger partial charge in [0, 0.05) is 30.8 Å². The summed E-state index contributed by atoms with van der Waals surface area (Å²) >= 11 is 0. The number of ether oxygens (including phenoxy) is 2. The molecular weight excluding hydrogens is 244 g/mol.